The number of aromatic amines is 1. The summed E-state index contributed by atoms with van der Waals surface area (Å²) in [6.07, 6.45) is 2.03. The van der Waals surface area contributed by atoms with Gasteiger partial charge in [-0.3, -0.25) is 0 Å². The summed E-state index contributed by atoms with van der Waals surface area (Å²) in [5.74, 6) is 0.0604. The van der Waals surface area contributed by atoms with E-state index in [1.807, 2.05) is 6.92 Å². The van der Waals surface area contributed by atoms with E-state index < -0.39 is 22.1 Å². The van der Waals surface area contributed by atoms with Crippen LogP contribution in [0.1, 0.15) is 17.7 Å². The minimum atomic E-state index is -3.82. The van der Waals surface area contributed by atoms with E-state index in [0.29, 0.717) is 27.7 Å². The van der Waals surface area contributed by atoms with Crippen molar-refractivity contribution < 1.29 is 27.4 Å². The van der Waals surface area contributed by atoms with Gasteiger partial charge in [0.25, 0.3) is 10.2 Å². The minimum Gasteiger partial charge on any atom is -0.489 e. The van der Waals surface area contributed by atoms with Gasteiger partial charge in [0.15, 0.2) is 11.6 Å². The number of aromatic nitrogens is 4. The van der Waals surface area contributed by atoms with Crippen molar-refractivity contribution in [1.82, 2.24) is 24.3 Å². The van der Waals surface area contributed by atoms with E-state index in [-0.39, 0.29) is 31.2 Å². The van der Waals surface area contributed by atoms with E-state index in [4.69, 9.17) is 14.6 Å². The lowest BCUT2D eigenvalue weighted by Crippen LogP contribution is -2.34. The second-order valence-electron chi connectivity index (χ2n) is 7.56. The molecule has 0 saturated carbocycles. The standard InChI is InChI=1S/C20H23FN6O5S/c1-11-7-14-15(26-11)3-4-16(18(14)21)32-20-19-12(2)17(8-27(19)24-10-23-20)31-9-13(28)5-6-25-33(22,29)30/h3-4,7-8,10,13,25-26,28H,5-6,9H2,1-2H3,(H2,22,29,30). The Kier molecular flexibility index (Phi) is 6.21. The molecule has 1 aromatic carbocycles. The molecule has 4 aromatic rings. The fourth-order valence-electron chi connectivity index (χ4n) is 3.43. The van der Waals surface area contributed by atoms with E-state index in [9.17, 15) is 17.9 Å². The maximum absolute atomic E-state index is 15.0. The Labute approximate surface area is 188 Å². The van der Waals surface area contributed by atoms with E-state index >= 15 is 0 Å². The molecule has 3 aromatic heterocycles. The molecule has 11 nitrogen and oxygen atoms in total. The molecule has 176 valence electrons. The molecular formula is C20H23FN6O5S. The molecule has 0 bridgehead atoms. The number of nitrogens with zero attached hydrogens (tertiary/aromatic N) is 3. The monoisotopic (exact) mass is 478 g/mol. The number of hydrogen-bond acceptors (Lipinski definition) is 7. The third-order valence-electron chi connectivity index (χ3n) is 5.00. The number of fused-ring (bicyclic) bond motifs is 2. The van der Waals surface area contributed by atoms with Crippen LogP contribution in [0, 0.1) is 19.7 Å². The second kappa shape index (κ2) is 8.94. The number of aliphatic hydroxyl groups excluding tert-OH is 1. The first-order valence-electron chi connectivity index (χ1n) is 9.99. The van der Waals surface area contributed by atoms with Crippen LogP contribution < -0.4 is 19.3 Å². The molecule has 0 aliphatic carbocycles. The summed E-state index contributed by atoms with van der Waals surface area (Å²) in [5.41, 5.74) is 2.59. The smallest absolute Gasteiger partial charge is 0.274 e. The van der Waals surface area contributed by atoms with E-state index in [0.717, 1.165) is 5.69 Å². The van der Waals surface area contributed by atoms with E-state index in [1.165, 1.54) is 16.9 Å². The van der Waals surface area contributed by atoms with Crippen LogP contribution in [-0.2, 0) is 10.2 Å². The molecule has 1 unspecified atom stereocenters. The number of hydrogen-bond donors (Lipinski definition) is 4. The first-order valence-corrected chi connectivity index (χ1v) is 11.5. The number of H-pyrrole nitrogens is 1. The molecular weight excluding hydrogens is 455 g/mol. The van der Waals surface area contributed by atoms with Crippen molar-refractivity contribution in [2.24, 2.45) is 5.14 Å². The van der Waals surface area contributed by atoms with Crippen LogP contribution in [0.3, 0.4) is 0 Å². The number of rotatable bonds is 9. The Morgan fingerprint density at radius 1 is 1.33 bits per heavy atom. The summed E-state index contributed by atoms with van der Waals surface area (Å²) in [6, 6.07) is 4.95. The Balaban J connectivity index is 1.53. The molecule has 0 aliphatic heterocycles. The SMILES string of the molecule is Cc1cc2c(F)c(Oc3ncnn4cc(OCC(O)CCNS(N)(=O)=O)c(C)c34)ccc2[nH]1. The number of aryl methyl sites for hydroxylation is 2. The molecule has 3 heterocycles. The summed E-state index contributed by atoms with van der Waals surface area (Å²) in [5, 5.41) is 19.4. The second-order valence-corrected chi connectivity index (χ2v) is 8.94. The van der Waals surface area contributed by atoms with Gasteiger partial charge >= 0.3 is 0 Å². The van der Waals surface area contributed by atoms with Crippen molar-refractivity contribution in [3.8, 4) is 17.4 Å². The summed E-state index contributed by atoms with van der Waals surface area (Å²) in [4.78, 5) is 7.22. The van der Waals surface area contributed by atoms with Crippen molar-refractivity contribution in [3.05, 3.63) is 47.8 Å². The largest absolute Gasteiger partial charge is 0.489 e. The topological polar surface area (TPSA) is 157 Å². The highest BCUT2D eigenvalue weighted by Crippen LogP contribution is 2.34. The first kappa shape index (κ1) is 22.9. The van der Waals surface area contributed by atoms with Crippen LogP contribution in [-0.4, -0.2) is 52.4 Å². The van der Waals surface area contributed by atoms with Crippen molar-refractivity contribution in [1.29, 1.82) is 0 Å². The van der Waals surface area contributed by atoms with E-state index in [2.05, 4.69) is 19.8 Å². The minimum absolute atomic E-state index is 0.0166. The molecule has 33 heavy (non-hydrogen) atoms. The maximum Gasteiger partial charge on any atom is 0.274 e. The number of nitrogens with two attached hydrogens (primary N) is 1. The van der Waals surface area contributed by atoms with Crippen LogP contribution >= 0.6 is 0 Å². The molecule has 0 aliphatic rings. The van der Waals surface area contributed by atoms with Gasteiger partial charge in [-0.05, 0) is 38.5 Å². The van der Waals surface area contributed by atoms with Crippen molar-refractivity contribution in [2.45, 2.75) is 26.4 Å². The third kappa shape index (κ3) is 5.06. The van der Waals surface area contributed by atoms with Crippen molar-refractivity contribution >= 4 is 26.6 Å². The number of halogens is 1. The van der Waals surface area contributed by atoms with Gasteiger partial charge in [-0.2, -0.15) is 18.5 Å². The summed E-state index contributed by atoms with van der Waals surface area (Å²) in [6.45, 7) is 3.48. The average Bonchev–Trinajstić information content (AvgIpc) is 3.28. The normalized spacial score (nSPS) is 13.0. The Morgan fingerprint density at radius 3 is 2.88 bits per heavy atom. The van der Waals surface area contributed by atoms with Crippen LogP contribution in [0.2, 0.25) is 0 Å². The van der Waals surface area contributed by atoms with Gasteiger partial charge in [0.05, 0.1) is 12.3 Å². The maximum atomic E-state index is 15.0. The summed E-state index contributed by atoms with van der Waals surface area (Å²) in [7, 11) is -3.82. The quantitative estimate of drug-likeness (QED) is 0.285. The Bertz CT molecular complexity index is 1420. The van der Waals surface area contributed by atoms with Crippen LogP contribution in [0.5, 0.6) is 17.4 Å². The molecule has 0 fully saturated rings. The lowest BCUT2D eigenvalue weighted by Gasteiger charge is -2.12. The average molecular weight is 479 g/mol. The fourth-order valence-corrected chi connectivity index (χ4v) is 3.84. The van der Waals surface area contributed by atoms with Crippen LogP contribution in [0.4, 0.5) is 4.39 Å². The molecule has 0 radical (unpaired) electrons. The lowest BCUT2D eigenvalue weighted by atomic mass is 10.2. The van der Waals surface area contributed by atoms with Gasteiger partial charge in [-0.25, -0.2) is 18.8 Å². The molecule has 0 saturated heterocycles. The summed E-state index contributed by atoms with van der Waals surface area (Å²) < 4.78 is 51.8. The van der Waals surface area contributed by atoms with Gasteiger partial charge in [-0.1, -0.05) is 0 Å². The highest BCUT2D eigenvalue weighted by atomic mass is 32.2. The fraction of sp³-hybridized carbons (Fsp3) is 0.300. The summed E-state index contributed by atoms with van der Waals surface area (Å²) >= 11 is 0. The molecule has 5 N–H and O–H groups in total. The molecule has 0 spiro atoms. The van der Waals surface area contributed by atoms with Gasteiger partial charge < -0.3 is 19.6 Å². The van der Waals surface area contributed by atoms with Gasteiger partial charge in [0.1, 0.15) is 24.2 Å². The Hall–Kier alpha value is -3.26. The highest BCUT2D eigenvalue weighted by Gasteiger charge is 2.19. The lowest BCUT2D eigenvalue weighted by molar-refractivity contribution is 0.101. The molecule has 0 amide bonds. The Morgan fingerprint density at radius 2 is 2.12 bits per heavy atom. The van der Waals surface area contributed by atoms with E-state index in [1.54, 1.807) is 25.3 Å². The number of ether oxygens (including phenoxy) is 2. The highest BCUT2D eigenvalue weighted by molar-refractivity contribution is 7.87. The van der Waals surface area contributed by atoms with Gasteiger partial charge in [0.2, 0.25) is 5.88 Å². The molecule has 1 atom stereocenters. The van der Waals surface area contributed by atoms with Gasteiger partial charge in [0, 0.05) is 28.7 Å². The van der Waals surface area contributed by atoms with Crippen LogP contribution in [0.15, 0.2) is 30.7 Å². The van der Waals surface area contributed by atoms with Crippen molar-refractivity contribution in [2.75, 3.05) is 13.2 Å². The zero-order chi connectivity index (χ0) is 23.8. The third-order valence-corrected chi connectivity index (χ3v) is 5.61. The molecule has 13 heteroatoms. The number of nitrogens with one attached hydrogen (secondary N) is 2. The van der Waals surface area contributed by atoms with Crippen LogP contribution in [0.25, 0.3) is 16.4 Å². The van der Waals surface area contributed by atoms with Gasteiger partial charge in [-0.15, -0.1) is 0 Å². The number of aliphatic hydroxyl groups is 1. The zero-order valence-electron chi connectivity index (χ0n) is 17.9. The predicted molar refractivity (Wildman–Crippen MR) is 118 cm³/mol. The van der Waals surface area contributed by atoms with Crippen molar-refractivity contribution in [3.63, 3.8) is 0 Å². The number of benzene rings is 1. The first-order chi connectivity index (χ1) is 15.6. The molecule has 4 rings (SSSR count). The predicted octanol–water partition coefficient (Wildman–Crippen LogP) is 1.68. The zero-order valence-corrected chi connectivity index (χ0v) is 18.7.